The fraction of sp³-hybridized carbons (Fsp3) is 0.400. The molecule has 31 heavy (non-hydrogen) atoms. The number of nitrogens with one attached hydrogen (secondary N) is 3. The minimum Gasteiger partial charge on any atom is -0.350 e. The van der Waals surface area contributed by atoms with Crippen LogP contribution in [0.3, 0.4) is 0 Å². The minimum absolute atomic E-state index is 0.0975. The first-order chi connectivity index (χ1) is 14.7. The Morgan fingerprint density at radius 2 is 1.84 bits per heavy atom. The molecule has 1 fully saturated rings. The molecule has 1 aliphatic heterocycles. The van der Waals surface area contributed by atoms with Gasteiger partial charge in [-0.05, 0) is 78.7 Å². The molecule has 0 spiro atoms. The number of benzene rings is 2. The summed E-state index contributed by atoms with van der Waals surface area (Å²) < 4.78 is 58.9. The summed E-state index contributed by atoms with van der Waals surface area (Å²) in [6, 6.07) is 7.36. The van der Waals surface area contributed by atoms with Gasteiger partial charge in [0.25, 0.3) is 0 Å². The molecule has 0 saturated carbocycles. The highest BCUT2D eigenvalue weighted by molar-refractivity contribution is 14.1. The van der Waals surface area contributed by atoms with Crippen molar-refractivity contribution in [2.75, 3.05) is 29.7 Å². The molecule has 1 aliphatic rings. The summed E-state index contributed by atoms with van der Waals surface area (Å²) >= 11 is 8.27. The van der Waals surface area contributed by atoms with Crippen molar-refractivity contribution in [3.05, 3.63) is 50.6 Å². The Balaban J connectivity index is 1.80. The maximum absolute atomic E-state index is 14.6. The van der Waals surface area contributed by atoms with E-state index in [0.717, 1.165) is 22.6 Å². The van der Waals surface area contributed by atoms with Crippen molar-refractivity contribution in [3.63, 3.8) is 0 Å². The van der Waals surface area contributed by atoms with Crippen LogP contribution in [-0.2, 0) is 10.2 Å². The van der Waals surface area contributed by atoms with Crippen LogP contribution >= 0.6 is 34.2 Å². The molecule has 3 N–H and O–H groups in total. The number of piperidine rings is 1. The average Bonchev–Trinajstić information content (AvgIpc) is 2.73. The Bertz CT molecular complexity index is 1030. The summed E-state index contributed by atoms with van der Waals surface area (Å²) in [5.74, 6) is -2.30. The van der Waals surface area contributed by atoms with Gasteiger partial charge < -0.3 is 10.6 Å². The van der Waals surface area contributed by atoms with Crippen molar-refractivity contribution in [2.45, 2.75) is 32.2 Å². The Kier molecular flexibility index (Phi) is 8.36. The number of anilines is 3. The number of hydrogen-bond donors (Lipinski definition) is 3. The zero-order valence-electron chi connectivity index (χ0n) is 16.9. The lowest BCUT2D eigenvalue weighted by atomic mass is 10.1. The first-order valence-electron chi connectivity index (χ1n) is 9.92. The Morgan fingerprint density at radius 3 is 2.48 bits per heavy atom. The van der Waals surface area contributed by atoms with Gasteiger partial charge in [-0.25, -0.2) is 8.78 Å². The maximum Gasteiger partial charge on any atom is 0.301 e. The molecule has 0 aliphatic carbocycles. The number of nitrogens with zero attached hydrogens (tertiary/aromatic N) is 1. The van der Waals surface area contributed by atoms with Gasteiger partial charge in [-0.15, -0.1) is 0 Å². The third-order valence-corrected chi connectivity index (χ3v) is 7.51. The third-order valence-electron chi connectivity index (χ3n) is 5.00. The Morgan fingerprint density at radius 1 is 1.16 bits per heavy atom. The molecule has 0 radical (unpaired) electrons. The van der Waals surface area contributed by atoms with Gasteiger partial charge >= 0.3 is 10.2 Å². The van der Waals surface area contributed by atoms with Gasteiger partial charge in [0.15, 0.2) is 11.6 Å². The second-order valence-corrected chi connectivity index (χ2v) is 10.6. The van der Waals surface area contributed by atoms with E-state index in [9.17, 15) is 17.2 Å². The van der Waals surface area contributed by atoms with Crippen molar-refractivity contribution in [1.82, 2.24) is 9.62 Å². The maximum atomic E-state index is 14.6. The van der Waals surface area contributed by atoms with Crippen LogP contribution in [0.1, 0.15) is 26.2 Å². The van der Waals surface area contributed by atoms with Gasteiger partial charge in [0, 0.05) is 22.7 Å². The molecule has 1 saturated heterocycles. The molecule has 0 unspecified atom stereocenters. The van der Waals surface area contributed by atoms with Gasteiger partial charge in [-0.2, -0.15) is 12.7 Å². The third kappa shape index (κ3) is 6.19. The molecule has 0 aromatic heterocycles. The van der Waals surface area contributed by atoms with Crippen molar-refractivity contribution >= 4 is 61.5 Å². The van der Waals surface area contributed by atoms with Crippen LogP contribution in [0.4, 0.5) is 25.8 Å². The fourth-order valence-corrected chi connectivity index (χ4v) is 5.51. The highest BCUT2D eigenvalue weighted by Gasteiger charge is 2.29. The van der Waals surface area contributed by atoms with Crippen LogP contribution in [0.2, 0.25) is 5.02 Å². The monoisotopic (exact) mass is 584 g/mol. The molecule has 0 atom stereocenters. The van der Waals surface area contributed by atoms with Gasteiger partial charge in [0.05, 0.1) is 16.4 Å². The summed E-state index contributed by atoms with van der Waals surface area (Å²) in [5.41, 5.74) is -0.0965. The van der Waals surface area contributed by atoms with Crippen LogP contribution in [0.25, 0.3) is 0 Å². The molecule has 3 rings (SSSR count). The second-order valence-electron chi connectivity index (χ2n) is 7.27. The van der Waals surface area contributed by atoms with E-state index in [1.807, 2.05) is 0 Å². The zero-order chi connectivity index (χ0) is 22.6. The van der Waals surface area contributed by atoms with Crippen LogP contribution in [0, 0.1) is 15.2 Å². The first-order valence-corrected chi connectivity index (χ1v) is 12.8. The Labute approximate surface area is 200 Å². The van der Waals surface area contributed by atoms with E-state index in [1.165, 1.54) is 10.4 Å². The van der Waals surface area contributed by atoms with Crippen LogP contribution in [-0.4, -0.2) is 38.4 Å². The predicted octanol–water partition coefficient (Wildman–Crippen LogP) is 5.09. The lowest BCUT2D eigenvalue weighted by Crippen LogP contribution is -2.46. The number of halogens is 4. The van der Waals surface area contributed by atoms with Gasteiger partial charge in [0.1, 0.15) is 5.69 Å². The molecule has 0 amide bonds. The molecule has 0 bridgehead atoms. The summed E-state index contributed by atoms with van der Waals surface area (Å²) in [6.07, 6.45) is 2.38. The lowest BCUT2D eigenvalue weighted by Gasteiger charge is -2.32. The zero-order valence-corrected chi connectivity index (χ0v) is 20.6. The fourth-order valence-electron chi connectivity index (χ4n) is 3.34. The quantitative estimate of drug-likeness (QED) is 0.378. The summed E-state index contributed by atoms with van der Waals surface area (Å²) in [5, 5.41) is 6.42. The minimum atomic E-state index is -3.95. The molecule has 11 heteroatoms. The van der Waals surface area contributed by atoms with Gasteiger partial charge in [-0.1, -0.05) is 18.5 Å². The van der Waals surface area contributed by atoms with Crippen molar-refractivity contribution in [2.24, 2.45) is 0 Å². The van der Waals surface area contributed by atoms with E-state index in [2.05, 4.69) is 44.9 Å². The second kappa shape index (κ2) is 10.6. The van der Waals surface area contributed by atoms with E-state index >= 15 is 0 Å². The normalized spacial score (nSPS) is 15.8. The topological polar surface area (TPSA) is 73.5 Å². The molecule has 170 valence electrons. The standard InChI is InChI=1S/C20H24ClF2IN4O2S/c1-2-9-25-14-7-10-28(11-8-14)31(29,30)27-18-6-4-16(22)19(23)20(18)26-17-5-3-13(24)12-15(17)21/h3-6,12,14,25-27H,2,7-11H2,1H3. The molecule has 1 heterocycles. The van der Waals surface area contributed by atoms with Gasteiger partial charge in [-0.3, -0.25) is 4.72 Å². The molecule has 6 nitrogen and oxygen atoms in total. The first kappa shape index (κ1) is 24.4. The lowest BCUT2D eigenvalue weighted by molar-refractivity contribution is 0.291. The average molecular weight is 585 g/mol. The van der Waals surface area contributed by atoms with Crippen molar-refractivity contribution < 1.29 is 17.2 Å². The van der Waals surface area contributed by atoms with E-state index in [4.69, 9.17) is 11.6 Å². The van der Waals surface area contributed by atoms with Crippen LogP contribution < -0.4 is 15.4 Å². The van der Waals surface area contributed by atoms with Crippen molar-refractivity contribution in [1.29, 1.82) is 0 Å². The van der Waals surface area contributed by atoms with E-state index in [0.29, 0.717) is 36.6 Å². The largest absolute Gasteiger partial charge is 0.350 e. The number of rotatable bonds is 8. The summed E-state index contributed by atoms with van der Waals surface area (Å²) in [4.78, 5) is 0. The van der Waals surface area contributed by atoms with Gasteiger partial charge in [0.2, 0.25) is 0 Å². The number of hydrogen-bond acceptors (Lipinski definition) is 4. The predicted molar refractivity (Wildman–Crippen MR) is 129 cm³/mol. The SMILES string of the molecule is CCCNC1CCN(S(=O)(=O)Nc2ccc(F)c(F)c2Nc2ccc(I)cc2Cl)CC1. The van der Waals surface area contributed by atoms with Crippen molar-refractivity contribution in [3.8, 4) is 0 Å². The molecular formula is C20H24ClF2IN4O2S. The molecule has 2 aromatic rings. The van der Waals surface area contributed by atoms with E-state index < -0.39 is 21.8 Å². The summed E-state index contributed by atoms with van der Waals surface area (Å²) in [7, 11) is -3.95. The summed E-state index contributed by atoms with van der Waals surface area (Å²) in [6.45, 7) is 3.65. The highest BCUT2D eigenvalue weighted by Crippen LogP contribution is 2.34. The molecular weight excluding hydrogens is 561 g/mol. The van der Waals surface area contributed by atoms with E-state index in [1.54, 1.807) is 18.2 Å². The Hall–Kier alpha value is -1.21. The van der Waals surface area contributed by atoms with Crippen LogP contribution in [0.15, 0.2) is 30.3 Å². The van der Waals surface area contributed by atoms with Crippen LogP contribution in [0.5, 0.6) is 0 Å². The molecule has 2 aromatic carbocycles. The highest BCUT2D eigenvalue weighted by atomic mass is 127. The van der Waals surface area contributed by atoms with E-state index in [-0.39, 0.29) is 17.4 Å². The smallest absolute Gasteiger partial charge is 0.301 e.